The van der Waals surface area contributed by atoms with E-state index in [9.17, 15) is 0 Å². The molecule has 2 aromatic heterocycles. The molecule has 2 aromatic rings. The molecule has 1 unspecified atom stereocenters. The molecule has 1 atom stereocenters. The van der Waals surface area contributed by atoms with Crippen molar-refractivity contribution in [2.45, 2.75) is 30.9 Å². The van der Waals surface area contributed by atoms with Crippen LogP contribution in [0.2, 0.25) is 5.02 Å². The van der Waals surface area contributed by atoms with Crippen molar-refractivity contribution in [2.75, 3.05) is 5.75 Å². The van der Waals surface area contributed by atoms with E-state index in [4.69, 9.17) is 11.6 Å². The van der Waals surface area contributed by atoms with E-state index >= 15 is 0 Å². The summed E-state index contributed by atoms with van der Waals surface area (Å²) in [7, 11) is 0. The molecule has 3 rings (SSSR count). The fourth-order valence-corrected chi connectivity index (χ4v) is 3.82. The lowest BCUT2D eigenvalue weighted by Gasteiger charge is -2.20. The molecule has 3 heterocycles. The highest BCUT2D eigenvalue weighted by Crippen LogP contribution is 2.28. The topological polar surface area (TPSA) is 17.3 Å². The van der Waals surface area contributed by atoms with Crippen molar-refractivity contribution >= 4 is 28.9 Å². The largest absolute Gasteiger partial charge is 0.304 e. The first kappa shape index (κ1) is 11.4. The Labute approximate surface area is 110 Å². The van der Waals surface area contributed by atoms with Gasteiger partial charge >= 0.3 is 0 Å². The lowest BCUT2D eigenvalue weighted by molar-refractivity contribution is 0.646. The molecule has 0 radical (unpaired) electrons. The van der Waals surface area contributed by atoms with E-state index < -0.39 is 0 Å². The Balaban J connectivity index is 1.84. The van der Waals surface area contributed by atoms with Gasteiger partial charge in [0.05, 0.1) is 11.7 Å². The summed E-state index contributed by atoms with van der Waals surface area (Å²) < 4.78 is 2.15. The molecule has 0 N–H and O–H groups in total. The zero-order valence-electron chi connectivity index (χ0n) is 9.60. The SMILES string of the molecule is Clc1ccn2c(CC3CCCCS3)ncc2c1. The predicted octanol–water partition coefficient (Wildman–Crippen LogP) is 3.82. The Bertz CT molecular complexity index is 517. The Morgan fingerprint density at radius 3 is 3.24 bits per heavy atom. The monoisotopic (exact) mass is 266 g/mol. The van der Waals surface area contributed by atoms with E-state index in [1.54, 1.807) is 0 Å². The summed E-state index contributed by atoms with van der Waals surface area (Å²) in [4.78, 5) is 4.52. The zero-order chi connectivity index (χ0) is 11.7. The third-order valence-electron chi connectivity index (χ3n) is 3.25. The van der Waals surface area contributed by atoms with Crippen LogP contribution in [0.3, 0.4) is 0 Å². The molecular weight excluding hydrogens is 252 g/mol. The molecule has 0 spiro atoms. The standard InChI is InChI=1S/C13H15ClN2S/c14-10-4-5-16-11(7-10)9-15-13(16)8-12-3-1-2-6-17-12/h4-5,7,9,12H,1-3,6,8H2. The van der Waals surface area contributed by atoms with Gasteiger partial charge in [0.25, 0.3) is 0 Å². The van der Waals surface area contributed by atoms with Crippen molar-refractivity contribution < 1.29 is 0 Å². The average Bonchev–Trinajstić information content (AvgIpc) is 2.73. The van der Waals surface area contributed by atoms with Crippen LogP contribution in [0.1, 0.15) is 25.1 Å². The van der Waals surface area contributed by atoms with E-state index in [1.165, 1.54) is 25.0 Å². The first-order valence-corrected chi connectivity index (χ1v) is 7.49. The number of hydrogen-bond donors (Lipinski definition) is 0. The van der Waals surface area contributed by atoms with Gasteiger partial charge in [-0.3, -0.25) is 0 Å². The van der Waals surface area contributed by atoms with Crippen LogP contribution in [-0.4, -0.2) is 20.4 Å². The van der Waals surface area contributed by atoms with E-state index in [2.05, 4.69) is 21.1 Å². The summed E-state index contributed by atoms with van der Waals surface area (Å²) in [5, 5.41) is 1.51. The molecule has 0 aliphatic carbocycles. The minimum Gasteiger partial charge on any atom is -0.304 e. The quantitative estimate of drug-likeness (QED) is 0.822. The van der Waals surface area contributed by atoms with Gasteiger partial charge in [-0.15, -0.1) is 0 Å². The minimum absolute atomic E-state index is 0.741. The maximum Gasteiger partial charge on any atom is 0.114 e. The Morgan fingerprint density at radius 1 is 1.47 bits per heavy atom. The minimum atomic E-state index is 0.741. The van der Waals surface area contributed by atoms with Crippen LogP contribution in [0.4, 0.5) is 0 Å². The molecule has 4 heteroatoms. The van der Waals surface area contributed by atoms with Crippen molar-refractivity contribution in [3.8, 4) is 0 Å². The maximum atomic E-state index is 5.97. The lowest BCUT2D eigenvalue weighted by Crippen LogP contribution is -2.14. The number of pyridine rings is 1. The van der Waals surface area contributed by atoms with Gasteiger partial charge in [0.1, 0.15) is 5.82 Å². The Hall–Kier alpha value is -0.670. The van der Waals surface area contributed by atoms with Gasteiger partial charge in [-0.1, -0.05) is 18.0 Å². The first-order valence-electron chi connectivity index (χ1n) is 6.06. The number of fused-ring (bicyclic) bond motifs is 1. The zero-order valence-corrected chi connectivity index (χ0v) is 11.2. The fourth-order valence-electron chi connectivity index (χ4n) is 2.35. The van der Waals surface area contributed by atoms with Gasteiger partial charge in [0, 0.05) is 22.9 Å². The fraction of sp³-hybridized carbons (Fsp3) is 0.462. The molecular formula is C13H15ClN2S. The van der Waals surface area contributed by atoms with Gasteiger partial charge < -0.3 is 4.40 Å². The van der Waals surface area contributed by atoms with Gasteiger partial charge in [0.15, 0.2) is 0 Å². The number of thioether (sulfide) groups is 1. The van der Waals surface area contributed by atoms with E-state index in [0.29, 0.717) is 0 Å². The van der Waals surface area contributed by atoms with E-state index in [0.717, 1.165) is 28.0 Å². The van der Waals surface area contributed by atoms with Crippen LogP contribution in [0, 0.1) is 0 Å². The third-order valence-corrected chi connectivity index (χ3v) is 4.89. The van der Waals surface area contributed by atoms with Crippen LogP contribution < -0.4 is 0 Å². The highest BCUT2D eigenvalue weighted by Gasteiger charge is 2.16. The average molecular weight is 267 g/mol. The second-order valence-electron chi connectivity index (χ2n) is 4.51. The summed E-state index contributed by atoms with van der Waals surface area (Å²) in [6.45, 7) is 0. The summed E-state index contributed by atoms with van der Waals surface area (Å²) >= 11 is 8.07. The third kappa shape index (κ3) is 2.45. The number of nitrogens with zero attached hydrogens (tertiary/aromatic N) is 2. The summed E-state index contributed by atoms with van der Waals surface area (Å²) in [5.74, 6) is 2.47. The summed E-state index contributed by atoms with van der Waals surface area (Å²) in [6.07, 6.45) is 9.07. The molecule has 1 fully saturated rings. The predicted molar refractivity (Wildman–Crippen MR) is 74.0 cm³/mol. The maximum absolute atomic E-state index is 5.97. The number of hydrogen-bond acceptors (Lipinski definition) is 2. The van der Waals surface area contributed by atoms with Crippen molar-refractivity contribution in [1.29, 1.82) is 0 Å². The van der Waals surface area contributed by atoms with Crippen molar-refractivity contribution in [1.82, 2.24) is 9.38 Å². The highest BCUT2D eigenvalue weighted by atomic mass is 35.5. The highest BCUT2D eigenvalue weighted by molar-refractivity contribution is 7.99. The van der Waals surface area contributed by atoms with Crippen LogP contribution in [0.25, 0.3) is 5.52 Å². The van der Waals surface area contributed by atoms with Crippen LogP contribution >= 0.6 is 23.4 Å². The number of imidazole rings is 1. The molecule has 2 nitrogen and oxygen atoms in total. The van der Waals surface area contributed by atoms with Gasteiger partial charge in [0.2, 0.25) is 0 Å². The normalized spacial score (nSPS) is 20.9. The second kappa shape index (κ2) is 4.91. The molecule has 1 aliphatic heterocycles. The van der Waals surface area contributed by atoms with Crippen molar-refractivity contribution in [3.63, 3.8) is 0 Å². The smallest absolute Gasteiger partial charge is 0.114 e. The van der Waals surface area contributed by atoms with Crippen molar-refractivity contribution in [3.05, 3.63) is 35.4 Å². The van der Waals surface area contributed by atoms with Crippen LogP contribution in [-0.2, 0) is 6.42 Å². The molecule has 0 aromatic carbocycles. The first-order chi connectivity index (χ1) is 8.33. The molecule has 17 heavy (non-hydrogen) atoms. The Morgan fingerprint density at radius 2 is 2.41 bits per heavy atom. The second-order valence-corrected chi connectivity index (χ2v) is 6.35. The molecule has 1 aliphatic rings. The van der Waals surface area contributed by atoms with Gasteiger partial charge in [-0.05, 0) is 30.7 Å². The summed E-state index contributed by atoms with van der Waals surface area (Å²) in [5.41, 5.74) is 1.09. The summed E-state index contributed by atoms with van der Waals surface area (Å²) in [6, 6.07) is 3.89. The number of halogens is 1. The van der Waals surface area contributed by atoms with Crippen LogP contribution in [0.15, 0.2) is 24.5 Å². The van der Waals surface area contributed by atoms with Crippen molar-refractivity contribution in [2.24, 2.45) is 0 Å². The molecule has 1 saturated heterocycles. The van der Waals surface area contributed by atoms with Gasteiger partial charge in [-0.25, -0.2) is 4.98 Å². The number of aromatic nitrogens is 2. The molecule has 0 saturated carbocycles. The lowest BCUT2D eigenvalue weighted by atomic mass is 10.1. The van der Waals surface area contributed by atoms with Crippen LogP contribution in [0.5, 0.6) is 0 Å². The molecule has 90 valence electrons. The number of rotatable bonds is 2. The van der Waals surface area contributed by atoms with Gasteiger partial charge in [-0.2, -0.15) is 11.8 Å². The molecule has 0 bridgehead atoms. The van der Waals surface area contributed by atoms with E-state index in [1.807, 2.05) is 24.5 Å². The van der Waals surface area contributed by atoms with E-state index in [-0.39, 0.29) is 0 Å². The Kier molecular flexibility index (Phi) is 3.30. The molecule has 0 amide bonds.